The fourth-order valence-electron chi connectivity index (χ4n) is 3.29. The molecule has 0 atom stereocenters. The van der Waals surface area contributed by atoms with Gasteiger partial charge in [0.05, 0.1) is 11.1 Å². The smallest absolute Gasteiger partial charge is 0.256 e. The summed E-state index contributed by atoms with van der Waals surface area (Å²) in [7, 11) is 0. The van der Waals surface area contributed by atoms with Crippen LogP contribution in [0.5, 0.6) is 0 Å². The van der Waals surface area contributed by atoms with Crippen LogP contribution in [0.3, 0.4) is 0 Å². The van der Waals surface area contributed by atoms with Crippen molar-refractivity contribution < 1.29 is 4.79 Å². The SMILES string of the molecule is O=C(c1cccc2cccnc12)N1CCN(c2cccc(Cl)c2)CC1. The molecule has 3 aromatic rings. The monoisotopic (exact) mass is 351 g/mol. The summed E-state index contributed by atoms with van der Waals surface area (Å²) in [5.74, 6) is 0.0510. The molecule has 0 unspecified atom stereocenters. The largest absolute Gasteiger partial charge is 0.368 e. The maximum atomic E-state index is 13.0. The van der Waals surface area contributed by atoms with E-state index in [1.165, 1.54) is 0 Å². The van der Waals surface area contributed by atoms with Gasteiger partial charge in [-0.15, -0.1) is 0 Å². The van der Waals surface area contributed by atoms with Gasteiger partial charge in [-0.1, -0.05) is 35.9 Å². The highest BCUT2D eigenvalue weighted by molar-refractivity contribution is 6.30. The number of amides is 1. The summed E-state index contributed by atoms with van der Waals surface area (Å²) in [6.45, 7) is 2.97. The van der Waals surface area contributed by atoms with Crippen LogP contribution in [-0.2, 0) is 0 Å². The van der Waals surface area contributed by atoms with E-state index < -0.39 is 0 Å². The predicted molar refractivity (Wildman–Crippen MR) is 101 cm³/mol. The highest BCUT2D eigenvalue weighted by atomic mass is 35.5. The molecule has 5 heteroatoms. The molecule has 2 aromatic carbocycles. The lowest BCUT2D eigenvalue weighted by atomic mass is 10.1. The molecule has 4 rings (SSSR count). The van der Waals surface area contributed by atoms with Crippen LogP contribution in [0.25, 0.3) is 10.9 Å². The normalized spacial score (nSPS) is 14.8. The molecule has 2 heterocycles. The molecule has 1 aromatic heterocycles. The number of piperazine rings is 1. The zero-order chi connectivity index (χ0) is 17.2. The molecule has 1 aliphatic heterocycles. The number of para-hydroxylation sites is 1. The summed E-state index contributed by atoms with van der Waals surface area (Å²) in [6.07, 6.45) is 1.73. The number of benzene rings is 2. The molecule has 1 saturated heterocycles. The van der Waals surface area contributed by atoms with Crippen LogP contribution in [0.15, 0.2) is 60.8 Å². The molecule has 0 aliphatic carbocycles. The second-order valence-electron chi connectivity index (χ2n) is 6.14. The van der Waals surface area contributed by atoms with Gasteiger partial charge in [0, 0.05) is 48.5 Å². The Balaban J connectivity index is 1.51. The van der Waals surface area contributed by atoms with E-state index in [9.17, 15) is 4.79 Å². The summed E-state index contributed by atoms with van der Waals surface area (Å²) in [4.78, 5) is 21.5. The van der Waals surface area contributed by atoms with E-state index in [1.807, 2.05) is 53.4 Å². The topological polar surface area (TPSA) is 36.4 Å². The molecular weight excluding hydrogens is 334 g/mol. The van der Waals surface area contributed by atoms with Gasteiger partial charge in [0.1, 0.15) is 0 Å². The van der Waals surface area contributed by atoms with Crippen molar-refractivity contribution >= 4 is 34.1 Å². The van der Waals surface area contributed by atoms with E-state index in [4.69, 9.17) is 11.6 Å². The minimum absolute atomic E-state index is 0.0510. The Labute approximate surface area is 151 Å². The molecule has 0 N–H and O–H groups in total. The van der Waals surface area contributed by atoms with Gasteiger partial charge >= 0.3 is 0 Å². The second kappa shape index (κ2) is 6.73. The van der Waals surface area contributed by atoms with E-state index in [0.717, 1.165) is 34.7 Å². The van der Waals surface area contributed by atoms with E-state index >= 15 is 0 Å². The number of fused-ring (bicyclic) bond motifs is 1. The first-order chi connectivity index (χ1) is 12.2. The molecule has 126 valence electrons. The molecular formula is C20H18ClN3O. The van der Waals surface area contributed by atoms with Crippen molar-refractivity contribution in [3.63, 3.8) is 0 Å². The molecule has 0 spiro atoms. The van der Waals surface area contributed by atoms with Crippen molar-refractivity contribution in [1.82, 2.24) is 9.88 Å². The zero-order valence-corrected chi connectivity index (χ0v) is 14.5. The van der Waals surface area contributed by atoms with E-state index in [2.05, 4.69) is 16.0 Å². The van der Waals surface area contributed by atoms with Crippen LogP contribution >= 0.6 is 11.6 Å². The molecule has 1 amide bonds. The van der Waals surface area contributed by atoms with Gasteiger partial charge in [-0.3, -0.25) is 9.78 Å². The number of rotatable bonds is 2. The average molecular weight is 352 g/mol. The summed E-state index contributed by atoms with van der Waals surface area (Å²) < 4.78 is 0. The molecule has 1 fully saturated rings. The molecule has 0 radical (unpaired) electrons. The number of hydrogen-bond donors (Lipinski definition) is 0. The summed E-state index contributed by atoms with van der Waals surface area (Å²) in [5, 5.41) is 1.73. The highest BCUT2D eigenvalue weighted by Crippen LogP contribution is 2.22. The van der Waals surface area contributed by atoms with E-state index in [-0.39, 0.29) is 5.91 Å². The number of anilines is 1. The van der Waals surface area contributed by atoms with E-state index in [0.29, 0.717) is 18.7 Å². The quantitative estimate of drug-likeness (QED) is 0.703. The number of halogens is 1. The second-order valence-corrected chi connectivity index (χ2v) is 6.58. The maximum absolute atomic E-state index is 13.0. The fraction of sp³-hybridized carbons (Fsp3) is 0.200. The van der Waals surface area contributed by atoms with Crippen molar-refractivity contribution in [3.05, 3.63) is 71.4 Å². The van der Waals surface area contributed by atoms with Crippen molar-refractivity contribution in [2.45, 2.75) is 0 Å². The van der Waals surface area contributed by atoms with Crippen LogP contribution in [0.4, 0.5) is 5.69 Å². The van der Waals surface area contributed by atoms with Crippen LogP contribution in [0.2, 0.25) is 5.02 Å². The Morgan fingerprint density at radius 2 is 1.72 bits per heavy atom. The number of nitrogens with zero attached hydrogens (tertiary/aromatic N) is 3. The van der Waals surface area contributed by atoms with Gasteiger partial charge in [0.2, 0.25) is 0 Å². The van der Waals surface area contributed by atoms with Gasteiger partial charge in [-0.25, -0.2) is 0 Å². The Morgan fingerprint density at radius 3 is 2.52 bits per heavy atom. The first kappa shape index (κ1) is 15.9. The van der Waals surface area contributed by atoms with Gasteiger partial charge in [-0.05, 0) is 30.3 Å². The third kappa shape index (κ3) is 3.17. The van der Waals surface area contributed by atoms with Crippen molar-refractivity contribution in [3.8, 4) is 0 Å². The van der Waals surface area contributed by atoms with Crippen molar-refractivity contribution in [2.24, 2.45) is 0 Å². The lowest BCUT2D eigenvalue weighted by Crippen LogP contribution is -2.48. The Kier molecular flexibility index (Phi) is 4.28. The van der Waals surface area contributed by atoms with Gasteiger partial charge in [-0.2, -0.15) is 0 Å². The third-order valence-electron chi connectivity index (χ3n) is 4.60. The lowest BCUT2D eigenvalue weighted by Gasteiger charge is -2.36. The molecule has 4 nitrogen and oxygen atoms in total. The van der Waals surface area contributed by atoms with Crippen molar-refractivity contribution in [1.29, 1.82) is 0 Å². The van der Waals surface area contributed by atoms with Crippen molar-refractivity contribution in [2.75, 3.05) is 31.1 Å². The number of pyridine rings is 1. The first-order valence-electron chi connectivity index (χ1n) is 8.36. The summed E-state index contributed by atoms with van der Waals surface area (Å²) >= 11 is 6.08. The first-order valence-corrected chi connectivity index (χ1v) is 8.74. The zero-order valence-electron chi connectivity index (χ0n) is 13.7. The van der Waals surface area contributed by atoms with Crippen LogP contribution in [0.1, 0.15) is 10.4 Å². The number of carbonyl (C=O) groups is 1. The van der Waals surface area contributed by atoms with Gasteiger partial charge < -0.3 is 9.80 Å². The predicted octanol–water partition coefficient (Wildman–Crippen LogP) is 3.85. The molecule has 0 saturated carbocycles. The minimum Gasteiger partial charge on any atom is -0.368 e. The number of carbonyl (C=O) groups excluding carboxylic acids is 1. The van der Waals surface area contributed by atoms with Gasteiger partial charge in [0.15, 0.2) is 0 Å². The molecule has 0 bridgehead atoms. The lowest BCUT2D eigenvalue weighted by molar-refractivity contribution is 0.0748. The van der Waals surface area contributed by atoms with Crippen LogP contribution in [-0.4, -0.2) is 42.0 Å². The van der Waals surface area contributed by atoms with Crippen LogP contribution in [0, 0.1) is 0 Å². The summed E-state index contributed by atoms with van der Waals surface area (Å²) in [5.41, 5.74) is 2.55. The van der Waals surface area contributed by atoms with Gasteiger partial charge in [0.25, 0.3) is 5.91 Å². The summed E-state index contributed by atoms with van der Waals surface area (Å²) in [6, 6.07) is 17.5. The third-order valence-corrected chi connectivity index (χ3v) is 4.84. The molecule has 25 heavy (non-hydrogen) atoms. The molecule has 1 aliphatic rings. The average Bonchev–Trinajstić information content (AvgIpc) is 2.67. The maximum Gasteiger partial charge on any atom is 0.256 e. The standard InChI is InChI=1S/C20H18ClN3O/c21-16-6-2-7-17(14-16)23-10-12-24(13-11-23)20(25)18-8-1-4-15-5-3-9-22-19(15)18/h1-9,14H,10-13H2. The number of aromatic nitrogens is 1. The van der Waals surface area contributed by atoms with E-state index in [1.54, 1.807) is 6.20 Å². The Bertz CT molecular complexity index is 914. The number of hydrogen-bond acceptors (Lipinski definition) is 3. The fourth-order valence-corrected chi connectivity index (χ4v) is 3.47. The Hall–Kier alpha value is -2.59. The van der Waals surface area contributed by atoms with Crippen LogP contribution < -0.4 is 4.90 Å². The minimum atomic E-state index is 0.0510. The highest BCUT2D eigenvalue weighted by Gasteiger charge is 2.23. The Morgan fingerprint density at radius 1 is 0.960 bits per heavy atom.